The summed E-state index contributed by atoms with van der Waals surface area (Å²) >= 11 is 10.0. The third-order valence-corrected chi connectivity index (χ3v) is 7.86. The summed E-state index contributed by atoms with van der Waals surface area (Å²) in [6, 6.07) is 12.9. The third-order valence-electron chi connectivity index (χ3n) is 5.61. The number of hydrogen-bond donors (Lipinski definition) is 3. The number of aryl methyl sites for hydroxylation is 1. The molecule has 0 aliphatic carbocycles. The number of nitrogens with zero attached hydrogens (tertiary/aromatic N) is 2. The van der Waals surface area contributed by atoms with Crippen LogP contribution in [0.15, 0.2) is 63.7 Å². The van der Waals surface area contributed by atoms with E-state index in [2.05, 4.69) is 15.5 Å². The molecule has 0 spiro atoms. The van der Waals surface area contributed by atoms with Crippen molar-refractivity contribution in [3.05, 3.63) is 91.0 Å². The summed E-state index contributed by atoms with van der Waals surface area (Å²) in [6.07, 6.45) is 3.84. The molecule has 37 heavy (non-hydrogen) atoms. The minimum Gasteiger partial charge on any atom is -0.458 e. The molecule has 1 amide bonds. The van der Waals surface area contributed by atoms with Crippen molar-refractivity contribution < 1.29 is 18.8 Å². The summed E-state index contributed by atoms with van der Waals surface area (Å²) in [4.78, 5) is 17.9. The number of carbonyl (C=O) groups is 1. The van der Waals surface area contributed by atoms with Crippen LogP contribution in [0.1, 0.15) is 33.6 Å². The number of nitrogen functional groups attached to an aromatic ring is 1. The van der Waals surface area contributed by atoms with Crippen molar-refractivity contribution in [1.29, 1.82) is 0 Å². The molecular formula is C26H20ClIN4O4S. The first kappa shape index (κ1) is 25.5. The van der Waals surface area contributed by atoms with Gasteiger partial charge >= 0.3 is 0 Å². The number of aromatic nitrogens is 2. The number of nitrogens with one attached hydrogen (secondary N) is 1. The molecule has 0 fully saturated rings. The Labute approximate surface area is 234 Å². The molecule has 5 rings (SSSR count). The van der Waals surface area contributed by atoms with Crippen LogP contribution in [0, 0.1) is 10.7 Å². The van der Waals surface area contributed by atoms with E-state index in [-0.39, 0.29) is 12.5 Å². The number of furan rings is 1. The zero-order valence-electron chi connectivity index (χ0n) is 19.4. The van der Waals surface area contributed by atoms with Crippen molar-refractivity contribution in [2.45, 2.75) is 19.6 Å². The summed E-state index contributed by atoms with van der Waals surface area (Å²) in [5.74, 6) is 0.721. The van der Waals surface area contributed by atoms with E-state index >= 15 is 0 Å². The van der Waals surface area contributed by atoms with Gasteiger partial charge in [-0.25, -0.2) is 4.98 Å². The minimum atomic E-state index is -0.828. The SMILES string of the molecule is Cc1noc(I)c1C(O)c1ccc(-c2cc(Cl)c3oc(CNC(=O)/C=C/c4ccc(N)nc4)cc3c2)s1. The van der Waals surface area contributed by atoms with Gasteiger partial charge in [-0.05, 0) is 66.6 Å². The van der Waals surface area contributed by atoms with E-state index in [0.29, 0.717) is 37.2 Å². The molecule has 188 valence electrons. The normalized spacial score (nSPS) is 12.4. The van der Waals surface area contributed by atoms with Gasteiger partial charge in [0, 0.05) is 50.0 Å². The molecule has 1 atom stereocenters. The number of aliphatic hydroxyl groups is 1. The van der Waals surface area contributed by atoms with Gasteiger partial charge < -0.3 is 25.1 Å². The maximum atomic E-state index is 12.2. The van der Waals surface area contributed by atoms with Crippen molar-refractivity contribution in [1.82, 2.24) is 15.5 Å². The van der Waals surface area contributed by atoms with E-state index in [0.717, 1.165) is 26.3 Å². The fraction of sp³-hybridized carbons (Fsp3) is 0.115. The second-order valence-electron chi connectivity index (χ2n) is 8.22. The Morgan fingerprint density at radius 3 is 2.86 bits per heavy atom. The molecular weight excluding hydrogens is 627 g/mol. The Hall–Kier alpha value is -3.19. The summed E-state index contributed by atoms with van der Waals surface area (Å²) in [7, 11) is 0. The predicted octanol–water partition coefficient (Wildman–Crippen LogP) is 6.10. The molecule has 4 heterocycles. The fourth-order valence-corrected chi connectivity index (χ4v) is 5.81. The van der Waals surface area contributed by atoms with E-state index in [4.69, 9.17) is 26.3 Å². The van der Waals surface area contributed by atoms with Crippen LogP contribution < -0.4 is 11.1 Å². The number of carbonyl (C=O) groups excluding carboxylic acids is 1. The second-order valence-corrected chi connectivity index (χ2v) is 10.7. The van der Waals surface area contributed by atoms with Gasteiger partial charge in [-0.1, -0.05) is 16.8 Å². The highest BCUT2D eigenvalue weighted by molar-refractivity contribution is 14.1. The summed E-state index contributed by atoms with van der Waals surface area (Å²) in [5, 5.41) is 18.9. The van der Waals surface area contributed by atoms with Crippen LogP contribution >= 0.6 is 45.5 Å². The van der Waals surface area contributed by atoms with Gasteiger partial charge in [0.1, 0.15) is 17.7 Å². The monoisotopic (exact) mass is 646 g/mol. The zero-order chi connectivity index (χ0) is 26.1. The molecule has 0 saturated heterocycles. The van der Waals surface area contributed by atoms with Gasteiger partial charge in [0.15, 0.2) is 5.58 Å². The first-order valence-electron chi connectivity index (χ1n) is 11.1. The third kappa shape index (κ3) is 5.57. The molecule has 8 nitrogen and oxygen atoms in total. The van der Waals surface area contributed by atoms with E-state index in [1.165, 1.54) is 17.4 Å². The van der Waals surface area contributed by atoms with Crippen LogP contribution in [0.2, 0.25) is 5.02 Å². The quantitative estimate of drug-likeness (QED) is 0.144. The Bertz CT molecular complexity index is 1600. The van der Waals surface area contributed by atoms with E-state index < -0.39 is 6.10 Å². The number of nitrogens with two attached hydrogens (primary N) is 1. The average Bonchev–Trinajstić information content (AvgIpc) is 3.61. The smallest absolute Gasteiger partial charge is 0.244 e. The number of halogens is 2. The molecule has 4 N–H and O–H groups in total. The Balaban J connectivity index is 1.30. The maximum Gasteiger partial charge on any atom is 0.244 e. The van der Waals surface area contributed by atoms with Crippen LogP contribution in [0.3, 0.4) is 0 Å². The van der Waals surface area contributed by atoms with Crippen LogP contribution in [0.4, 0.5) is 5.82 Å². The van der Waals surface area contributed by atoms with Gasteiger partial charge in [0.2, 0.25) is 9.67 Å². The summed E-state index contributed by atoms with van der Waals surface area (Å²) < 4.78 is 11.6. The van der Waals surface area contributed by atoms with Crippen molar-refractivity contribution in [3.63, 3.8) is 0 Å². The van der Waals surface area contributed by atoms with E-state index in [1.807, 2.05) is 52.9 Å². The number of aliphatic hydroxyl groups excluding tert-OH is 1. The number of benzene rings is 1. The number of pyridine rings is 1. The summed E-state index contributed by atoms with van der Waals surface area (Å²) in [5.41, 5.74) is 9.11. The highest BCUT2D eigenvalue weighted by Crippen LogP contribution is 2.39. The lowest BCUT2D eigenvalue weighted by atomic mass is 10.1. The molecule has 0 radical (unpaired) electrons. The number of hydrogen-bond acceptors (Lipinski definition) is 8. The average molecular weight is 647 g/mol. The maximum absolute atomic E-state index is 12.2. The largest absolute Gasteiger partial charge is 0.458 e. The zero-order valence-corrected chi connectivity index (χ0v) is 23.1. The van der Waals surface area contributed by atoms with Gasteiger partial charge in [-0.2, -0.15) is 0 Å². The molecule has 1 unspecified atom stereocenters. The molecule has 0 bridgehead atoms. The second kappa shape index (κ2) is 10.7. The summed E-state index contributed by atoms with van der Waals surface area (Å²) in [6.45, 7) is 2.01. The van der Waals surface area contributed by atoms with Crippen LogP contribution in [0.5, 0.6) is 0 Å². The van der Waals surface area contributed by atoms with Crippen LogP contribution in [-0.2, 0) is 11.3 Å². The highest BCUT2D eigenvalue weighted by atomic mass is 127. The number of fused-ring (bicyclic) bond motifs is 1. The number of amides is 1. The van der Waals surface area contributed by atoms with Crippen molar-refractivity contribution >= 4 is 74.3 Å². The van der Waals surface area contributed by atoms with Crippen LogP contribution in [0.25, 0.3) is 27.5 Å². The number of thiophene rings is 1. The molecule has 4 aromatic heterocycles. The van der Waals surface area contributed by atoms with E-state index in [1.54, 1.807) is 31.3 Å². The first-order valence-corrected chi connectivity index (χ1v) is 13.3. The van der Waals surface area contributed by atoms with Crippen molar-refractivity contribution in [3.8, 4) is 10.4 Å². The van der Waals surface area contributed by atoms with E-state index in [9.17, 15) is 9.90 Å². The lowest BCUT2D eigenvalue weighted by Gasteiger charge is -2.07. The van der Waals surface area contributed by atoms with Crippen LogP contribution in [-0.4, -0.2) is 21.2 Å². The Morgan fingerprint density at radius 2 is 2.14 bits per heavy atom. The number of anilines is 1. The highest BCUT2D eigenvalue weighted by Gasteiger charge is 2.23. The van der Waals surface area contributed by atoms with Gasteiger partial charge in [0.05, 0.1) is 22.8 Å². The Kier molecular flexibility index (Phi) is 7.33. The lowest BCUT2D eigenvalue weighted by Crippen LogP contribution is -2.19. The minimum absolute atomic E-state index is 0.204. The van der Waals surface area contributed by atoms with Gasteiger partial charge in [0.25, 0.3) is 0 Å². The first-order chi connectivity index (χ1) is 17.8. The molecule has 11 heteroatoms. The van der Waals surface area contributed by atoms with Crippen molar-refractivity contribution in [2.75, 3.05) is 5.73 Å². The molecule has 0 aliphatic heterocycles. The topological polar surface area (TPSA) is 127 Å². The van der Waals surface area contributed by atoms with Crippen molar-refractivity contribution in [2.24, 2.45) is 0 Å². The number of rotatable bonds is 7. The standard InChI is InChI=1S/C26H20ClIN4O4S/c1-13-23(26(28)36-32-13)24(34)20-5-4-19(37-20)15-8-16-9-17(35-25(16)18(27)10-15)12-31-22(33)7-3-14-2-6-21(29)30-11-14/h2-11,24,34H,12H2,1H3,(H2,29,30)(H,31,33)/b7-3+. The fourth-order valence-electron chi connectivity index (χ4n) is 3.77. The molecule has 1 aromatic carbocycles. The van der Waals surface area contributed by atoms with Gasteiger partial charge in [-0.15, -0.1) is 11.3 Å². The lowest BCUT2D eigenvalue weighted by molar-refractivity contribution is -0.116. The molecule has 0 aliphatic rings. The Morgan fingerprint density at radius 1 is 1.30 bits per heavy atom. The predicted molar refractivity (Wildman–Crippen MR) is 152 cm³/mol. The molecule has 5 aromatic rings. The molecule has 0 saturated carbocycles. The van der Waals surface area contributed by atoms with Gasteiger partial charge in [-0.3, -0.25) is 4.79 Å².